The van der Waals surface area contributed by atoms with Gasteiger partial charge >= 0.3 is 0 Å². The third kappa shape index (κ3) is 2.19. The molecule has 1 aliphatic rings. The van der Waals surface area contributed by atoms with Gasteiger partial charge < -0.3 is 5.32 Å². The first-order valence-electron chi connectivity index (χ1n) is 5.35. The maximum atomic E-state index is 11.8. The number of hydrogen-bond acceptors (Lipinski definition) is 3. The number of rotatable bonds is 4. The molecule has 0 atom stereocenters. The topological polar surface area (TPSA) is 46.9 Å². The van der Waals surface area contributed by atoms with Crippen molar-refractivity contribution in [2.75, 3.05) is 5.32 Å². The minimum atomic E-state index is -0.121. The fourth-order valence-electron chi connectivity index (χ4n) is 1.59. The predicted octanol–water partition coefficient (Wildman–Crippen LogP) is 2.16. The molecule has 1 aromatic heterocycles. The highest BCUT2D eigenvalue weighted by Crippen LogP contribution is 2.25. The lowest BCUT2D eigenvalue weighted by Gasteiger charge is -2.27. The summed E-state index contributed by atoms with van der Waals surface area (Å²) >= 11 is 3.31. The van der Waals surface area contributed by atoms with E-state index in [0.717, 1.165) is 5.69 Å². The molecular formula is C11H14BrN3O. The molecule has 4 nitrogen and oxygen atoms in total. The molecule has 2 rings (SSSR count). The molecule has 0 aliphatic heterocycles. The molecule has 0 amide bonds. The average Bonchev–Trinajstić information content (AvgIpc) is 2.21. The standard InChI is InChI=1S/C11H14BrN3O/c1-2-6-15-11(16)10(12)9(7-13-15)14-8-4-3-5-8/h2,7-8,14H,1,3-6H2. The molecule has 16 heavy (non-hydrogen) atoms. The van der Waals surface area contributed by atoms with Gasteiger partial charge in [0, 0.05) is 6.04 Å². The van der Waals surface area contributed by atoms with Crippen LogP contribution in [0.25, 0.3) is 0 Å². The Hall–Kier alpha value is -1.10. The van der Waals surface area contributed by atoms with Crippen molar-refractivity contribution in [2.45, 2.75) is 31.8 Å². The SMILES string of the molecule is C=CCn1ncc(NC2CCC2)c(Br)c1=O. The lowest BCUT2D eigenvalue weighted by molar-refractivity contribution is 0.445. The van der Waals surface area contributed by atoms with Crippen LogP contribution in [0.5, 0.6) is 0 Å². The highest BCUT2D eigenvalue weighted by molar-refractivity contribution is 9.10. The lowest BCUT2D eigenvalue weighted by atomic mass is 9.93. The minimum Gasteiger partial charge on any atom is -0.380 e. The van der Waals surface area contributed by atoms with Gasteiger partial charge in [-0.1, -0.05) is 6.08 Å². The number of halogens is 1. The van der Waals surface area contributed by atoms with E-state index in [9.17, 15) is 4.79 Å². The summed E-state index contributed by atoms with van der Waals surface area (Å²) in [5.41, 5.74) is 0.666. The van der Waals surface area contributed by atoms with Crippen molar-refractivity contribution in [1.29, 1.82) is 0 Å². The average molecular weight is 284 g/mol. The fourth-order valence-corrected chi connectivity index (χ4v) is 2.01. The number of allylic oxidation sites excluding steroid dienone is 1. The highest BCUT2D eigenvalue weighted by atomic mass is 79.9. The molecule has 5 heteroatoms. The van der Waals surface area contributed by atoms with E-state index in [-0.39, 0.29) is 5.56 Å². The van der Waals surface area contributed by atoms with Gasteiger partial charge in [-0.25, -0.2) is 4.68 Å². The van der Waals surface area contributed by atoms with Crippen LogP contribution in [0.4, 0.5) is 5.69 Å². The minimum absolute atomic E-state index is 0.121. The van der Waals surface area contributed by atoms with Crippen LogP contribution in [-0.4, -0.2) is 15.8 Å². The van der Waals surface area contributed by atoms with Crippen LogP contribution in [0.1, 0.15) is 19.3 Å². The second kappa shape index (κ2) is 4.82. The lowest BCUT2D eigenvalue weighted by Crippen LogP contribution is -2.30. The van der Waals surface area contributed by atoms with E-state index in [1.165, 1.54) is 23.9 Å². The summed E-state index contributed by atoms with van der Waals surface area (Å²) in [5.74, 6) is 0. The van der Waals surface area contributed by atoms with Crippen molar-refractivity contribution in [3.05, 3.63) is 33.7 Å². The van der Waals surface area contributed by atoms with Crippen LogP contribution < -0.4 is 10.9 Å². The number of hydrogen-bond donors (Lipinski definition) is 1. The van der Waals surface area contributed by atoms with Crippen LogP contribution >= 0.6 is 15.9 Å². The first-order chi connectivity index (χ1) is 7.72. The molecule has 0 bridgehead atoms. The van der Waals surface area contributed by atoms with Crippen LogP contribution in [0, 0.1) is 0 Å². The molecule has 1 aliphatic carbocycles. The van der Waals surface area contributed by atoms with Crippen molar-refractivity contribution in [2.24, 2.45) is 0 Å². The largest absolute Gasteiger partial charge is 0.380 e. The number of nitrogens with one attached hydrogen (secondary N) is 1. The molecule has 1 aromatic rings. The Balaban J connectivity index is 2.23. The zero-order valence-corrected chi connectivity index (χ0v) is 10.5. The van der Waals surface area contributed by atoms with E-state index in [1.807, 2.05) is 0 Å². The summed E-state index contributed by atoms with van der Waals surface area (Å²) in [6.07, 6.45) is 6.94. The number of anilines is 1. The predicted molar refractivity (Wildman–Crippen MR) is 67.7 cm³/mol. The Labute approximate surface area is 102 Å². The van der Waals surface area contributed by atoms with Crippen LogP contribution in [0.3, 0.4) is 0 Å². The van der Waals surface area contributed by atoms with Gasteiger partial charge in [-0.2, -0.15) is 5.10 Å². The quantitative estimate of drug-likeness (QED) is 0.862. The Bertz CT molecular complexity index is 451. The van der Waals surface area contributed by atoms with Gasteiger partial charge in [0.2, 0.25) is 0 Å². The zero-order valence-electron chi connectivity index (χ0n) is 8.95. The summed E-state index contributed by atoms with van der Waals surface area (Å²) < 4.78 is 1.93. The highest BCUT2D eigenvalue weighted by Gasteiger charge is 2.19. The first-order valence-corrected chi connectivity index (χ1v) is 6.14. The second-order valence-electron chi connectivity index (χ2n) is 3.92. The molecule has 1 saturated carbocycles. The van der Waals surface area contributed by atoms with E-state index in [2.05, 4.69) is 32.9 Å². The van der Waals surface area contributed by atoms with Crippen molar-refractivity contribution >= 4 is 21.6 Å². The molecule has 1 heterocycles. The third-order valence-electron chi connectivity index (χ3n) is 2.75. The molecule has 1 fully saturated rings. The second-order valence-corrected chi connectivity index (χ2v) is 4.71. The van der Waals surface area contributed by atoms with Gasteiger partial charge in [-0.3, -0.25) is 4.79 Å². The molecule has 0 radical (unpaired) electrons. The van der Waals surface area contributed by atoms with Crippen molar-refractivity contribution < 1.29 is 0 Å². The molecule has 86 valence electrons. The van der Waals surface area contributed by atoms with E-state index >= 15 is 0 Å². The van der Waals surface area contributed by atoms with Crippen LogP contribution in [0.2, 0.25) is 0 Å². The Morgan fingerprint density at radius 3 is 3.00 bits per heavy atom. The smallest absolute Gasteiger partial charge is 0.283 e. The monoisotopic (exact) mass is 283 g/mol. The molecule has 0 spiro atoms. The summed E-state index contributed by atoms with van der Waals surface area (Å²) in [6, 6.07) is 0.493. The van der Waals surface area contributed by atoms with Crippen molar-refractivity contribution in [3.63, 3.8) is 0 Å². The fraction of sp³-hybridized carbons (Fsp3) is 0.455. The summed E-state index contributed by atoms with van der Waals surface area (Å²) in [5, 5.41) is 7.39. The summed E-state index contributed by atoms with van der Waals surface area (Å²) in [6.45, 7) is 4.02. The molecular weight excluding hydrogens is 270 g/mol. The van der Waals surface area contributed by atoms with Gasteiger partial charge in [0.1, 0.15) is 4.47 Å². The zero-order chi connectivity index (χ0) is 11.5. The number of nitrogens with zero attached hydrogens (tertiary/aromatic N) is 2. The Morgan fingerprint density at radius 2 is 2.44 bits per heavy atom. The normalized spacial score (nSPS) is 15.6. The molecule has 1 N–H and O–H groups in total. The first kappa shape index (κ1) is 11.4. The van der Waals surface area contributed by atoms with E-state index in [1.54, 1.807) is 12.3 Å². The summed E-state index contributed by atoms with van der Waals surface area (Å²) in [4.78, 5) is 11.8. The van der Waals surface area contributed by atoms with E-state index in [4.69, 9.17) is 0 Å². The van der Waals surface area contributed by atoms with Gasteiger partial charge in [0.25, 0.3) is 5.56 Å². The third-order valence-corrected chi connectivity index (χ3v) is 3.52. The van der Waals surface area contributed by atoms with Crippen molar-refractivity contribution in [3.8, 4) is 0 Å². The maximum Gasteiger partial charge on any atom is 0.283 e. The summed E-state index contributed by atoms with van der Waals surface area (Å²) in [7, 11) is 0. The van der Waals surface area contributed by atoms with Gasteiger partial charge in [-0.05, 0) is 35.2 Å². The van der Waals surface area contributed by atoms with Crippen LogP contribution in [-0.2, 0) is 6.54 Å². The Kier molecular flexibility index (Phi) is 3.43. The van der Waals surface area contributed by atoms with E-state index < -0.39 is 0 Å². The van der Waals surface area contributed by atoms with E-state index in [0.29, 0.717) is 17.1 Å². The molecule has 0 unspecified atom stereocenters. The van der Waals surface area contributed by atoms with Gasteiger partial charge in [0.05, 0.1) is 18.4 Å². The molecule has 0 saturated heterocycles. The van der Waals surface area contributed by atoms with Gasteiger partial charge in [0.15, 0.2) is 0 Å². The van der Waals surface area contributed by atoms with Crippen LogP contribution in [0.15, 0.2) is 28.1 Å². The van der Waals surface area contributed by atoms with Gasteiger partial charge in [-0.15, -0.1) is 6.58 Å². The maximum absolute atomic E-state index is 11.8. The number of aromatic nitrogens is 2. The van der Waals surface area contributed by atoms with Crippen molar-refractivity contribution in [1.82, 2.24) is 9.78 Å². The molecule has 0 aromatic carbocycles. The Morgan fingerprint density at radius 1 is 1.69 bits per heavy atom.